The quantitative estimate of drug-likeness (QED) is 0.0758. The van der Waals surface area contributed by atoms with Crippen molar-refractivity contribution in [3.8, 4) is 0 Å². The van der Waals surface area contributed by atoms with Crippen LogP contribution in [0.15, 0.2) is 182 Å². The van der Waals surface area contributed by atoms with Crippen LogP contribution in [0.5, 0.6) is 0 Å². The molecule has 10 nitrogen and oxygen atoms in total. The third kappa shape index (κ3) is 13.0. The minimum atomic E-state index is -1.32. The summed E-state index contributed by atoms with van der Waals surface area (Å²) in [5, 5.41) is 11.5. The molecule has 63 heavy (non-hydrogen) atoms. The number of benzene rings is 6. The van der Waals surface area contributed by atoms with Crippen molar-refractivity contribution in [2.75, 3.05) is 13.2 Å². The molecule has 0 aromatic heterocycles. The Labute approximate surface area is 370 Å². The standard InChI is InChI=1S/C53H56O10/c54-52-50(59-35-43-27-15-5-16-28-43)48(45(38-61-52)56-32-40-21-9-2-10-22-40)63-53-51(60-36-44-29-17-6-18-30-44)49(58-34-42-25-13-4-14-26-42)47(57-33-41-23-11-3-12-24-41)46(62-53)37-55-31-39-19-7-1-8-20-39/h1-30,45-54H,31-38H2. The van der Waals surface area contributed by atoms with Gasteiger partial charge in [-0.25, -0.2) is 0 Å². The van der Waals surface area contributed by atoms with E-state index in [1.54, 1.807) is 0 Å². The SMILES string of the molecule is OC1OCC(OCc2ccccc2)C(OC2OC(COCc3ccccc3)C(OCc3ccccc3)C(OCc3ccccc3)C2OCc2ccccc2)C1OCc1ccccc1. The second-order valence-electron chi connectivity index (χ2n) is 15.7. The predicted octanol–water partition coefficient (Wildman–Crippen LogP) is 8.59. The molecule has 2 heterocycles. The van der Waals surface area contributed by atoms with E-state index in [-0.39, 0.29) is 39.6 Å². The van der Waals surface area contributed by atoms with E-state index in [0.717, 1.165) is 33.4 Å². The Bertz CT molecular complexity index is 2150. The van der Waals surface area contributed by atoms with Crippen LogP contribution in [-0.4, -0.2) is 73.6 Å². The lowest BCUT2D eigenvalue weighted by Gasteiger charge is -2.48. The first-order chi connectivity index (χ1) is 31.2. The molecule has 8 rings (SSSR count). The Morgan fingerprint density at radius 3 is 1.21 bits per heavy atom. The molecule has 9 atom stereocenters. The van der Waals surface area contributed by atoms with Crippen molar-refractivity contribution in [1.29, 1.82) is 0 Å². The van der Waals surface area contributed by atoms with E-state index in [0.29, 0.717) is 13.2 Å². The molecule has 2 saturated heterocycles. The maximum absolute atomic E-state index is 11.5. The fraction of sp³-hybridized carbons (Fsp3) is 0.321. The lowest BCUT2D eigenvalue weighted by molar-refractivity contribution is -0.366. The average molecular weight is 853 g/mol. The van der Waals surface area contributed by atoms with E-state index >= 15 is 0 Å². The van der Waals surface area contributed by atoms with E-state index in [1.165, 1.54) is 0 Å². The van der Waals surface area contributed by atoms with Crippen LogP contribution in [0.3, 0.4) is 0 Å². The molecule has 6 aromatic carbocycles. The smallest absolute Gasteiger partial charge is 0.187 e. The summed E-state index contributed by atoms with van der Waals surface area (Å²) in [6.07, 6.45) is -7.83. The van der Waals surface area contributed by atoms with Gasteiger partial charge in [0.1, 0.15) is 42.7 Å². The van der Waals surface area contributed by atoms with Crippen LogP contribution in [0.4, 0.5) is 0 Å². The molecular formula is C53H56O10. The summed E-state index contributed by atoms with van der Waals surface area (Å²) >= 11 is 0. The highest BCUT2D eigenvalue weighted by atomic mass is 16.7. The minimum absolute atomic E-state index is 0.0481. The van der Waals surface area contributed by atoms with Gasteiger partial charge in [0, 0.05) is 0 Å². The van der Waals surface area contributed by atoms with Crippen LogP contribution in [-0.2, 0) is 82.3 Å². The van der Waals surface area contributed by atoms with Gasteiger partial charge < -0.3 is 47.7 Å². The van der Waals surface area contributed by atoms with E-state index in [2.05, 4.69) is 0 Å². The number of hydrogen-bond donors (Lipinski definition) is 1. The van der Waals surface area contributed by atoms with Gasteiger partial charge in [-0.3, -0.25) is 0 Å². The summed E-state index contributed by atoms with van der Waals surface area (Å²) in [5.74, 6) is 0. The number of rotatable bonds is 21. The zero-order chi connectivity index (χ0) is 42.9. The topological polar surface area (TPSA) is 103 Å². The van der Waals surface area contributed by atoms with Crippen LogP contribution < -0.4 is 0 Å². The number of aliphatic hydroxyl groups is 1. The molecule has 9 unspecified atom stereocenters. The van der Waals surface area contributed by atoms with Gasteiger partial charge in [0.05, 0.1) is 52.9 Å². The van der Waals surface area contributed by atoms with Gasteiger partial charge >= 0.3 is 0 Å². The predicted molar refractivity (Wildman–Crippen MR) is 237 cm³/mol. The molecule has 2 aliphatic rings. The molecule has 10 heteroatoms. The summed E-state index contributed by atoms with van der Waals surface area (Å²) < 4.78 is 60.4. The molecular weight excluding hydrogens is 797 g/mol. The minimum Gasteiger partial charge on any atom is -0.374 e. The van der Waals surface area contributed by atoms with Crippen molar-refractivity contribution in [1.82, 2.24) is 0 Å². The fourth-order valence-electron chi connectivity index (χ4n) is 7.80. The van der Waals surface area contributed by atoms with Gasteiger partial charge in [0.15, 0.2) is 12.6 Å². The van der Waals surface area contributed by atoms with Gasteiger partial charge in [-0.15, -0.1) is 0 Å². The van der Waals surface area contributed by atoms with Crippen molar-refractivity contribution < 1.29 is 47.7 Å². The number of aliphatic hydroxyl groups excluding tert-OH is 1. The summed E-state index contributed by atoms with van der Waals surface area (Å²) in [7, 11) is 0. The van der Waals surface area contributed by atoms with Crippen molar-refractivity contribution in [2.24, 2.45) is 0 Å². The second-order valence-corrected chi connectivity index (χ2v) is 15.7. The summed E-state index contributed by atoms with van der Waals surface area (Å²) in [5.41, 5.74) is 5.87. The zero-order valence-electron chi connectivity index (χ0n) is 35.3. The number of hydrogen-bond acceptors (Lipinski definition) is 10. The third-order valence-electron chi connectivity index (χ3n) is 11.1. The van der Waals surface area contributed by atoms with Crippen molar-refractivity contribution in [3.63, 3.8) is 0 Å². The molecule has 6 aromatic rings. The largest absolute Gasteiger partial charge is 0.374 e. The maximum atomic E-state index is 11.5. The molecule has 0 saturated carbocycles. The summed E-state index contributed by atoms with van der Waals surface area (Å²) in [4.78, 5) is 0. The number of ether oxygens (including phenoxy) is 9. The van der Waals surface area contributed by atoms with Crippen LogP contribution in [0.2, 0.25) is 0 Å². The molecule has 2 fully saturated rings. The molecule has 0 spiro atoms. The molecule has 1 N–H and O–H groups in total. The van der Waals surface area contributed by atoms with Gasteiger partial charge in [-0.2, -0.15) is 0 Å². The highest BCUT2D eigenvalue weighted by Crippen LogP contribution is 2.35. The lowest BCUT2D eigenvalue weighted by Crippen LogP contribution is -2.64. The van der Waals surface area contributed by atoms with E-state index in [1.807, 2.05) is 182 Å². The van der Waals surface area contributed by atoms with Crippen LogP contribution in [0.25, 0.3) is 0 Å². The second kappa shape index (κ2) is 23.6. The first-order valence-electron chi connectivity index (χ1n) is 21.7. The van der Waals surface area contributed by atoms with Crippen LogP contribution in [0, 0.1) is 0 Å². The van der Waals surface area contributed by atoms with Gasteiger partial charge in [-0.1, -0.05) is 182 Å². The Morgan fingerprint density at radius 2 is 0.762 bits per heavy atom. The molecule has 2 aliphatic heterocycles. The summed E-state index contributed by atoms with van der Waals surface area (Å²) in [6, 6.07) is 59.7. The Morgan fingerprint density at radius 1 is 0.397 bits per heavy atom. The van der Waals surface area contributed by atoms with E-state index < -0.39 is 55.3 Å². The molecule has 0 radical (unpaired) electrons. The van der Waals surface area contributed by atoms with E-state index in [4.69, 9.17) is 42.6 Å². The maximum Gasteiger partial charge on any atom is 0.187 e. The molecule has 0 amide bonds. The fourth-order valence-corrected chi connectivity index (χ4v) is 7.80. The molecule has 0 aliphatic carbocycles. The van der Waals surface area contributed by atoms with Crippen molar-refractivity contribution in [2.45, 2.75) is 94.9 Å². The average Bonchev–Trinajstić information content (AvgIpc) is 3.34. The van der Waals surface area contributed by atoms with Crippen molar-refractivity contribution in [3.05, 3.63) is 215 Å². The third-order valence-corrected chi connectivity index (χ3v) is 11.1. The monoisotopic (exact) mass is 852 g/mol. The first-order valence-corrected chi connectivity index (χ1v) is 21.7. The highest BCUT2D eigenvalue weighted by molar-refractivity contribution is 5.18. The summed E-state index contributed by atoms with van der Waals surface area (Å²) in [6.45, 7) is 1.85. The van der Waals surface area contributed by atoms with Gasteiger partial charge in [0.2, 0.25) is 0 Å². The lowest BCUT2D eigenvalue weighted by atomic mass is 9.97. The normalized spacial score (nSPS) is 24.8. The Kier molecular flexibility index (Phi) is 16.7. The Hall–Kier alpha value is -5.08. The van der Waals surface area contributed by atoms with Crippen LogP contribution >= 0.6 is 0 Å². The van der Waals surface area contributed by atoms with Gasteiger partial charge in [0.25, 0.3) is 0 Å². The highest BCUT2D eigenvalue weighted by Gasteiger charge is 2.52. The van der Waals surface area contributed by atoms with Gasteiger partial charge in [-0.05, 0) is 33.4 Å². The zero-order valence-corrected chi connectivity index (χ0v) is 35.3. The van der Waals surface area contributed by atoms with Crippen molar-refractivity contribution >= 4 is 0 Å². The van der Waals surface area contributed by atoms with Crippen LogP contribution in [0.1, 0.15) is 33.4 Å². The first kappa shape index (κ1) is 44.5. The van der Waals surface area contributed by atoms with E-state index in [9.17, 15) is 5.11 Å². The Balaban J connectivity index is 1.15. The molecule has 328 valence electrons. The molecule has 0 bridgehead atoms.